The SMILES string of the molecule is NNc1ncc(Cl)c(NCCNC(N)=O)n1. The van der Waals surface area contributed by atoms with E-state index in [0.29, 0.717) is 23.9 Å². The van der Waals surface area contributed by atoms with Crippen molar-refractivity contribution < 1.29 is 4.79 Å². The number of hydrazine groups is 1. The summed E-state index contributed by atoms with van der Waals surface area (Å²) in [5, 5.41) is 5.67. The molecule has 0 bridgehead atoms. The van der Waals surface area contributed by atoms with Crippen LogP contribution in [0, 0.1) is 0 Å². The number of nitrogens with two attached hydrogens (primary N) is 2. The topological polar surface area (TPSA) is 131 Å². The maximum Gasteiger partial charge on any atom is 0.312 e. The zero-order valence-electron chi connectivity index (χ0n) is 8.33. The number of hydrogen-bond donors (Lipinski definition) is 5. The average Bonchev–Trinajstić information content (AvgIpc) is 2.26. The van der Waals surface area contributed by atoms with Crippen LogP contribution < -0.4 is 27.6 Å². The van der Waals surface area contributed by atoms with Crippen LogP contribution >= 0.6 is 11.6 Å². The van der Waals surface area contributed by atoms with E-state index < -0.39 is 6.03 Å². The molecule has 9 heteroatoms. The van der Waals surface area contributed by atoms with E-state index in [4.69, 9.17) is 23.2 Å². The first-order valence-electron chi connectivity index (χ1n) is 4.40. The molecule has 7 N–H and O–H groups in total. The second kappa shape index (κ2) is 5.93. The molecule has 0 aromatic carbocycles. The number of aromatic nitrogens is 2. The molecule has 0 aliphatic heterocycles. The van der Waals surface area contributed by atoms with E-state index in [1.165, 1.54) is 6.20 Å². The van der Waals surface area contributed by atoms with Crippen molar-refractivity contribution in [3.63, 3.8) is 0 Å². The predicted molar refractivity (Wildman–Crippen MR) is 60.9 cm³/mol. The second-order valence-corrected chi connectivity index (χ2v) is 3.16. The van der Waals surface area contributed by atoms with Gasteiger partial charge >= 0.3 is 6.03 Å². The Kier molecular flexibility index (Phi) is 4.55. The van der Waals surface area contributed by atoms with Gasteiger partial charge in [-0.1, -0.05) is 11.6 Å². The number of amides is 2. The lowest BCUT2D eigenvalue weighted by Crippen LogP contribution is -2.33. The van der Waals surface area contributed by atoms with E-state index in [1.54, 1.807) is 0 Å². The average molecular weight is 246 g/mol. The van der Waals surface area contributed by atoms with Gasteiger partial charge < -0.3 is 16.4 Å². The molecule has 1 rings (SSSR count). The maximum atomic E-state index is 10.4. The Bertz CT molecular complexity index is 372. The first kappa shape index (κ1) is 12.3. The van der Waals surface area contributed by atoms with Crippen LogP contribution in [0.4, 0.5) is 16.6 Å². The first-order chi connectivity index (χ1) is 7.63. The number of primary amides is 1. The van der Waals surface area contributed by atoms with Crippen molar-refractivity contribution in [3.05, 3.63) is 11.2 Å². The van der Waals surface area contributed by atoms with Crippen LogP contribution in [0.5, 0.6) is 0 Å². The molecular weight excluding hydrogens is 234 g/mol. The van der Waals surface area contributed by atoms with Crippen molar-refractivity contribution in [1.82, 2.24) is 15.3 Å². The molecule has 0 saturated heterocycles. The minimum atomic E-state index is -0.583. The summed E-state index contributed by atoms with van der Waals surface area (Å²) >= 11 is 5.83. The smallest absolute Gasteiger partial charge is 0.312 e. The van der Waals surface area contributed by atoms with Crippen molar-refractivity contribution in [1.29, 1.82) is 0 Å². The molecule has 0 saturated carbocycles. The number of nitrogens with one attached hydrogen (secondary N) is 3. The lowest BCUT2D eigenvalue weighted by atomic mass is 10.5. The quantitative estimate of drug-likeness (QED) is 0.270. The molecule has 0 spiro atoms. The first-order valence-corrected chi connectivity index (χ1v) is 4.77. The van der Waals surface area contributed by atoms with Crippen molar-refractivity contribution in [3.8, 4) is 0 Å². The molecule has 0 radical (unpaired) electrons. The summed E-state index contributed by atoms with van der Waals surface area (Å²) < 4.78 is 0. The monoisotopic (exact) mass is 245 g/mol. The number of urea groups is 1. The van der Waals surface area contributed by atoms with Crippen LogP contribution in [0.25, 0.3) is 0 Å². The molecular formula is C7H12ClN7O. The van der Waals surface area contributed by atoms with Gasteiger partial charge in [0.25, 0.3) is 0 Å². The highest BCUT2D eigenvalue weighted by molar-refractivity contribution is 6.32. The number of carbonyl (C=O) groups excluding carboxylic acids is 1. The van der Waals surface area contributed by atoms with Crippen molar-refractivity contribution in [2.24, 2.45) is 11.6 Å². The Labute approximate surface area is 96.7 Å². The summed E-state index contributed by atoms with van der Waals surface area (Å²) in [6, 6.07) is -0.583. The van der Waals surface area contributed by atoms with Crippen LogP contribution in [0.1, 0.15) is 0 Å². The van der Waals surface area contributed by atoms with Crippen LogP contribution in [-0.2, 0) is 0 Å². The molecule has 0 aliphatic carbocycles. The molecule has 1 aromatic heterocycles. The van der Waals surface area contributed by atoms with E-state index in [1.807, 2.05) is 0 Å². The minimum Gasteiger partial charge on any atom is -0.367 e. The number of rotatable bonds is 5. The van der Waals surface area contributed by atoms with E-state index in [2.05, 4.69) is 26.0 Å². The number of nitrogens with zero attached hydrogens (tertiary/aromatic N) is 2. The molecule has 88 valence electrons. The van der Waals surface area contributed by atoms with Gasteiger partial charge in [0, 0.05) is 13.1 Å². The van der Waals surface area contributed by atoms with Gasteiger partial charge in [0.05, 0.1) is 6.20 Å². The van der Waals surface area contributed by atoms with E-state index in [0.717, 1.165) is 0 Å². The van der Waals surface area contributed by atoms with Crippen LogP contribution in [0.3, 0.4) is 0 Å². The van der Waals surface area contributed by atoms with Crippen molar-refractivity contribution >= 4 is 29.4 Å². The van der Waals surface area contributed by atoms with Gasteiger partial charge in [0.1, 0.15) is 5.02 Å². The maximum absolute atomic E-state index is 10.4. The molecule has 16 heavy (non-hydrogen) atoms. The number of halogens is 1. The number of carbonyl (C=O) groups is 1. The van der Waals surface area contributed by atoms with E-state index in [-0.39, 0.29) is 5.95 Å². The lowest BCUT2D eigenvalue weighted by molar-refractivity contribution is 0.249. The number of nitrogen functional groups attached to an aromatic ring is 1. The van der Waals surface area contributed by atoms with Crippen molar-refractivity contribution in [2.45, 2.75) is 0 Å². The molecule has 0 unspecified atom stereocenters. The third-order valence-electron chi connectivity index (χ3n) is 1.59. The fourth-order valence-corrected chi connectivity index (χ4v) is 1.09. The molecule has 0 atom stereocenters. The number of hydrogen-bond acceptors (Lipinski definition) is 6. The molecule has 2 amide bonds. The summed E-state index contributed by atoms with van der Waals surface area (Å²) in [6.45, 7) is 0.796. The van der Waals surface area contributed by atoms with Crippen LogP contribution in [0.2, 0.25) is 5.02 Å². The van der Waals surface area contributed by atoms with Gasteiger partial charge in [-0.3, -0.25) is 5.43 Å². The van der Waals surface area contributed by atoms with Gasteiger partial charge in [-0.2, -0.15) is 4.98 Å². The molecule has 0 aliphatic rings. The van der Waals surface area contributed by atoms with Crippen molar-refractivity contribution in [2.75, 3.05) is 23.8 Å². The third-order valence-corrected chi connectivity index (χ3v) is 1.87. The molecule has 1 aromatic rings. The third kappa shape index (κ3) is 3.75. The Morgan fingerprint density at radius 3 is 2.88 bits per heavy atom. The summed E-state index contributed by atoms with van der Waals surface area (Å²) in [6.07, 6.45) is 1.41. The highest BCUT2D eigenvalue weighted by Crippen LogP contribution is 2.18. The van der Waals surface area contributed by atoms with Gasteiger partial charge in [-0.05, 0) is 0 Å². The Morgan fingerprint density at radius 1 is 1.50 bits per heavy atom. The normalized spacial score (nSPS) is 9.62. The van der Waals surface area contributed by atoms with E-state index in [9.17, 15) is 4.79 Å². The zero-order chi connectivity index (χ0) is 12.0. The lowest BCUT2D eigenvalue weighted by Gasteiger charge is -2.08. The summed E-state index contributed by atoms with van der Waals surface area (Å²) in [5.41, 5.74) is 7.18. The highest BCUT2D eigenvalue weighted by Gasteiger charge is 2.03. The Hall–Kier alpha value is -1.80. The molecule has 1 heterocycles. The summed E-state index contributed by atoms with van der Waals surface area (Å²) in [5.74, 6) is 5.82. The minimum absolute atomic E-state index is 0.245. The Morgan fingerprint density at radius 2 is 2.25 bits per heavy atom. The fraction of sp³-hybridized carbons (Fsp3) is 0.286. The standard InChI is InChI=1S/C7H12ClN7O/c8-4-3-13-7(15-10)14-5(4)11-1-2-12-6(9)16/h3H,1-2,10H2,(H3,9,12,16)(H2,11,13,14,15). The molecule has 0 fully saturated rings. The van der Waals surface area contributed by atoms with Crippen LogP contribution in [-0.4, -0.2) is 29.1 Å². The van der Waals surface area contributed by atoms with Gasteiger partial charge in [-0.25, -0.2) is 15.6 Å². The Balaban J connectivity index is 2.49. The van der Waals surface area contributed by atoms with E-state index >= 15 is 0 Å². The van der Waals surface area contributed by atoms with Crippen LogP contribution in [0.15, 0.2) is 6.20 Å². The largest absolute Gasteiger partial charge is 0.367 e. The molecule has 8 nitrogen and oxygen atoms in total. The number of anilines is 2. The predicted octanol–water partition coefficient (Wildman–Crippen LogP) is -0.504. The van der Waals surface area contributed by atoms with Gasteiger partial charge in [0.2, 0.25) is 5.95 Å². The zero-order valence-corrected chi connectivity index (χ0v) is 9.08. The fourth-order valence-electron chi connectivity index (χ4n) is 0.927. The second-order valence-electron chi connectivity index (χ2n) is 2.75. The van der Waals surface area contributed by atoms with Gasteiger partial charge in [0.15, 0.2) is 5.82 Å². The highest BCUT2D eigenvalue weighted by atomic mass is 35.5. The van der Waals surface area contributed by atoms with Gasteiger partial charge in [-0.15, -0.1) is 0 Å². The summed E-state index contributed by atoms with van der Waals surface area (Å²) in [7, 11) is 0. The summed E-state index contributed by atoms with van der Waals surface area (Å²) in [4.78, 5) is 18.2.